The second-order valence-corrected chi connectivity index (χ2v) is 7.10. The molecule has 6 heteroatoms. The van der Waals surface area contributed by atoms with E-state index >= 15 is 0 Å². The maximum atomic E-state index is 12.3. The minimum absolute atomic E-state index is 0.0222. The van der Waals surface area contributed by atoms with E-state index in [9.17, 15) is 4.79 Å². The molecule has 1 aromatic heterocycles. The van der Waals surface area contributed by atoms with E-state index in [4.69, 9.17) is 16.6 Å². The molecule has 3 rings (SSSR count). The first-order valence-corrected chi connectivity index (χ1v) is 9.35. The van der Waals surface area contributed by atoms with Gasteiger partial charge in [0.15, 0.2) is 0 Å². The lowest BCUT2D eigenvalue weighted by atomic mass is 9.93. The van der Waals surface area contributed by atoms with E-state index in [0.29, 0.717) is 23.1 Å². The molecule has 0 fully saturated rings. The van der Waals surface area contributed by atoms with Crippen LogP contribution in [0.5, 0.6) is 0 Å². The lowest BCUT2D eigenvalue weighted by Crippen LogP contribution is -2.25. The van der Waals surface area contributed by atoms with Gasteiger partial charge >= 0.3 is 0 Å². The third kappa shape index (κ3) is 4.55. The van der Waals surface area contributed by atoms with E-state index < -0.39 is 0 Å². The third-order valence-corrected chi connectivity index (χ3v) is 4.95. The van der Waals surface area contributed by atoms with E-state index in [1.807, 2.05) is 44.2 Å². The Labute approximate surface area is 164 Å². The maximum absolute atomic E-state index is 12.3. The fourth-order valence-electron chi connectivity index (χ4n) is 3.16. The van der Waals surface area contributed by atoms with Crippen LogP contribution < -0.4 is 10.6 Å². The van der Waals surface area contributed by atoms with E-state index in [2.05, 4.69) is 22.5 Å². The van der Waals surface area contributed by atoms with Gasteiger partial charge in [0.05, 0.1) is 5.69 Å². The van der Waals surface area contributed by atoms with Crippen LogP contribution in [0.25, 0.3) is 5.57 Å². The van der Waals surface area contributed by atoms with Crippen molar-refractivity contribution in [1.29, 1.82) is 0 Å². The molecule has 140 valence electrons. The topological polar surface area (TPSA) is 66.9 Å². The third-order valence-electron chi connectivity index (χ3n) is 4.71. The predicted octanol–water partition coefficient (Wildman–Crippen LogP) is 4.89. The van der Waals surface area contributed by atoms with Crippen molar-refractivity contribution in [3.63, 3.8) is 0 Å². The number of allylic oxidation sites excluding steroid dienone is 3. The summed E-state index contributed by atoms with van der Waals surface area (Å²) in [5.41, 5.74) is 5.52. The van der Waals surface area contributed by atoms with Crippen LogP contribution in [0.1, 0.15) is 39.3 Å². The normalized spacial score (nSPS) is 21.1. The van der Waals surface area contributed by atoms with Crippen LogP contribution in [-0.2, 0) is 4.79 Å². The van der Waals surface area contributed by atoms with Crippen molar-refractivity contribution in [2.24, 2.45) is 0 Å². The van der Waals surface area contributed by atoms with Gasteiger partial charge in [0.25, 0.3) is 0 Å². The number of anilines is 2. The molecule has 0 bridgehead atoms. The molecule has 2 N–H and O–H groups in total. The van der Waals surface area contributed by atoms with Gasteiger partial charge in [-0.3, -0.25) is 4.79 Å². The van der Waals surface area contributed by atoms with E-state index in [0.717, 1.165) is 35.4 Å². The molecule has 0 spiro atoms. The van der Waals surface area contributed by atoms with Crippen molar-refractivity contribution in [2.75, 3.05) is 11.9 Å². The van der Waals surface area contributed by atoms with Crippen molar-refractivity contribution >= 4 is 34.7 Å². The van der Waals surface area contributed by atoms with Crippen LogP contribution in [0.15, 0.2) is 53.2 Å². The van der Waals surface area contributed by atoms with Crippen LogP contribution in [0.2, 0.25) is 5.02 Å². The summed E-state index contributed by atoms with van der Waals surface area (Å²) in [4.78, 5) is 21.3. The smallest absolute Gasteiger partial charge is 0.247 e. The van der Waals surface area contributed by atoms with Gasteiger partial charge in [-0.15, -0.1) is 0 Å². The number of amides is 1. The first-order chi connectivity index (χ1) is 13.0. The van der Waals surface area contributed by atoms with Crippen LogP contribution >= 0.6 is 11.6 Å². The molecule has 0 saturated carbocycles. The number of carbonyl (C=O) groups is 1. The maximum Gasteiger partial charge on any atom is 0.247 e. The summed E-state index contributed by atoms with van der Waals surface area (Å²) < 4.78 is 0. The highest BCUT2D eigenvalue weighted by Crippen LogP contribution is 2.31. The number of benzene rings is 1. The van der Waals surface area contributed by atoms with E-state index in [-0.39, 0.29) is 5.91 Å². The zero-order valence-electron chi connectivity index (χ0n) is 15.8. The number of carbonyl (C=O) groups excluding carboxylic acids is 1. The first kappa shape index (κ1) is 19.1. The molecule has 1 aromatic carbocycles. The average Bonchev–Trinajstić information content (AvgIpc) is 2.68. The zero-order valence-corrected chi connectivity index (χ0v) is 16.5. The molecule has 0 unspecified atom stereocenters. The minimum Gasteiger partial charge on any atom is -0.352 e. The first-order valence-electron chi connectivity index (χ1n) is 8.97. The predicted molar refractivity (Wildman–Crippen MR) is 110 cm³/mol. The van der Waals surface area contributed by atoms with Gasteiger partial charge in [-0.1, -0.05) is 23.2 Å². The molecule has 0 atom stereocenters. The quantitative estimate of drug-likeness (QED) is 0.792. The molecular weight excluding hydrogens is 360 g/mol. The molecule has 0 radical (unpaired) electrons. The Hall–Kier alpha value is -2.66. The van der Waals surface area contributed by atoms with Crippen molar-refractivity contribution in [2.45, 2.75) is 33.6 Å². The van der Waals surface area contributed by atoms with Crippen molar-refractivity contribution in [3.05, 3.63) is 64.0 Å². The molecule has 0 aliphatic carbocycles. The summed E-state index contributed by atoms with van der Waals surface area (Å²) in [5.74, 6) is 0.468. The van der Waals surface area contributed by atoms with Gasteiger partial charge in [0, 0.05) is 34.6 Å². The van der Waals surface area contributed by atoms with Crippen molar-refractivity contribution in [1.82, 2.24) is 15.3 Å². The number of aromatic nitrogens is 2. The molecule has 5 nitrogen and oxygen atoms in total. The lowest BCUT2D eigenvalue weighted by Gasteiger charge is -2.15. The van der Waals surface area contributed by atoms with Crippen LogP contribution in [0.4, 0.5) is 11.6 Å². The Morgan fingerprint density at radius 2 is 1.96 bits per heavy atom. The van der Waals surface area contributed by atoms with Gasteiger partial charge in [-0.05, 0) is 63.5 Å². The number of hydrogen-bond donors (Lipinski definition) is 2. The number of halogens is 1. The van der Waals surface area contributed by atoms with Gasteiger partial charge in [0.1, 0.15) is 0 Å². The second-order valence-electron chi connectivity index (χ2n) is 6.67. The zero-order chi connectivity index (χ0) is 19.4. The SMILES string of the molecule is C/C1=C(c2ccnc(Nc3cccc(Cl)c3)n2)/C(C)=C(\C)C(=O)NCCC1. The number of hydrogen-bond acceptors (Lipinski definition) is 4. The average molecular weight is 383 g/mol. The molecule has 0 saturated heterocycles. The fraction of sp³-hybridized carbons (Fsp3) is 0.286. The largest absolute Gasteiger partial charge is 0.352 e. The standard InChI is InChI=1S/C21H23ClN4O/c1-13-6-5-10-23-20(27)15(3)14(2)19(13)18-9-11-24-21(26-18)25-17-8-4-7-16(22)12-17/h4,7-9,11-12H,5-6,10H2,1-3H3,(H,23,27)(H,24,25,26)/b15-14+,19-13+. The van der Waals surface area contributed by atoms with Crippen LogP contribution in [0.3, 0.4) is 0 Å². The Balaban J connectivity index is 2.01. The van der Waals surface area contributed by atoms with Crippen molar-refractivity contribution in [3.8, 4) is 0 Å². The Kier molecular flexibility index (Phi) is 5.91. The van der Waals surface area contributed by atoms with Gasteiger partial charge in [0.2, 0.25) is 11.9 Å². The molecule has 1 aliphatic rings. The van der Waals surface area contributed by atoms with Crippen LogP contribution in [0, 0.1) is 0 Å². The number of rotatable bonds is 3. The Bertz CT molecular complexity index is 933. The highest BCUT2D eigenvalue weighted by molar-refractivity contribution is 6.30. The lowest BCUT2D eigenvalue weighted by molar-refractivity contribution is -0.117. The number of nitrogens with zero attached hydrogens (tertiary/aromatic N) is 2. The second kappa shape index (κ2) is 8.35. The molecule has 1 aliphatic heterocycles. The van der Waals surface area contributed by atoms with E-state index in [1.54, 1.807) is 6.20 Å². The fourth-order valence-corrected chi connectivity index (χ4v) is 3.35. The molecule has 2 heterocycles. The van der Waals surface area contributed by atoms with Gasteiger partial charge in [-0.25, -0.2) is 9.97 Å². The van der Waals surface area contributed by atoms with Crippen molar-refractivity contribution < 1.29 is 4.79 Å². The number of nitrogens with one attached hydrogen (secondary N) is 2. The summed E-state index contributed by atoms with van der Waals surface area (Å²) in [6, 6.07) is 9.30. The molecule has 1 amide bonds. The monoisotopic (exact) mass is 382 g/mol. The summed E-state index contributed by atoms with van der Waals surface area (Å²) in [7, 11) is 0. The minimum atomic E-state index is -0.0222. The Morgan fingerprint density at radius 3 is 2.74 bits per heavy atom. The highest BCUT2D eigenvalue weighted by Gasteiger charge is 2.18. The summed E-state index contributed by atoms with van der Waals surface area (Å²) in [6.45, 7) is 6.62. The van der Waals surface area contributed by atoms with E-state index in [1.165, 1.54) is 5.57 Å². The van der Waals surface area contributed by atoms with Gasteiger partial charge < -0.3 is 10.6 Å². The van der Waals surface area contributed by atoms with Gasteiger partial charge in [-0.2, -0.15) is 0 Å². The Morgan fingerprint density at radius 1 is 1.15 bits per heavy atom. The molecule has 2 aromatic rings. The molecule has 27 heavy (non-hydrogen) atoms. The summed E-state index contributed by atoms with van der Waals surface area (Å²) in [5, 5.41) is 6.80. The highest BCUT2D eigenvalue weighted by atomic mass is 35.5. The summed E-state index contributed by atoms with van der Waals surface area (Å²) >= 11 is 6.05. The molecular formula is C21H23ClN4O. The summed E-state index contributed by atoms with van der Waals surface area (Å²) in [6.07, 6.45) is 3.53. The van der Waals surface area contributed by atoms with Crippen LogP contribution in [-0.4, -0.2) is 22.4 Å².